The maximum absolute atomic E-state index is 13.4. The number of methoxy groups -OCH3 is 2. The van der Waals surface area contributed by atoms with E-state index in [0.717, 1.165) is 18.7 Å². The van der Waals surface area contributed by atoms with E-state index >= 15 is 0 Å². The van der Waals surface area contributed by atoms with Gasteiger partial charge in [-0.15, -0.1) is 0 Å². The number of hydrogen-bond donors (Lipinski definition) is 1. The second kappa shape index (κ2) is 6.63. The maximum Gasteiger partial charge on any atom is 0.126 e. The van der Waals surface area contributed by atoms with E-state index in [1.54, 1.807) is 21.1 Å². The largest absolute Gasteiger partial charge is 0.377 e. The van der Waals surface area contributed by atoms with Gasteiger partial charge in [-0.2, -0.15) is 0 Å². The van der Waals surface area contributed by atoms with Crippen LogP contribution in [0.2, 0.25) is 0 Å². The average Bonchev–Trinajstić information content (AvgIpc) is 2.86. The van der Waals surface area contributed by atoms with Crippen molar-refractivity contribution in [3.8, 4) is 0 Å². The molecule has 0 radical (unpaired) electrons. The smallest absolute Gasteiger partial charge is 0.126 e. The fourth-order valence-corrected chi connectivity index (χ4v) is 2.85. The summed E-state index contributed by atoms with van der Waals surface area (Å²) in [7, 11) is 3.39. The van der Waals surface area contributed by atoms with Crippen molar-refractivity contribution in [2.45, 2.75) is 25.2 Å². The Morgan fingerprint density at radius 2 is 1.90 bits per heavy atom. The van der Waals surface area contributed by atoms with Crippen LogP contribution in [0.25, 0.3) is 0 Å². The first-order chi connectivity index (χ1) is 9.60. The van der Waals surface area contributed by atoms with Crippen molar-refractivity contribution in [3.05, 3.63) is 35.1 Å². The molecule has 0 bridgehead atoms. The molecular weight excluding hydrogens is 259 g/mol. The third-order valence-electron chi connectivity index (χ3n) is 4.08. The lowest BCUT2D eigenvalue weighted by Crippen LogP contribution is -2.33. The Morgan fingerprint density at radius 3 is 2.35 bits per heavy atom. The van der Waals surface area contributed by atoms with Crippen molar-refractivity contribution in [1.29, 1.82) is 0 Å². The fraction of sp³-hybridized carbons (Fsp3) is 0.600. The standard InChI is InChI=1S/C15H23FN2O2/c1-10-6-11(4-5-12(10)16)13(7-17)18-8-14(19-2)15(9-18)20-3/h4-6,13-15H,7-9,17H2,1-3H3. The average molecular weight is 282 g/mol. The minimum absolute atomic E-state index is 0.0515. The van der Waals surface area contributed by atoms with Crippen LogP contribution in [0.4, 0.5) is 4.39 Å². The van der Waals surface area contributed by atoms with E-state index in [2.05, 4.69) is 4.90 Å². The SMILES string of the molecule is COC1CN(C(CN)c2ccc(F)c(C)c2)CC1OC. The van der Waals surface area contributed by atoms with Crippen molar-refractivity contribution in [2.24, 2.45) is 5.73 Å². The highest BCUT2D eigenvalue weighted by atomic mass is 19.1. The lowest BCUT2D eigenvalue weighted by Gasteiger charge is -2.27. The van der Waals surface area contributed by atoms with Crippen molar-refractivity contribution < 1.29 is 13.9 Å². The van der Waals surface area contributed by atoms with Gasteiger partial charge >= 0.3 is 0 Å². The first-order valence-electron chi connectivity index (χ1n) is 6.86. The Bertz CT molecular complexity index is 443. The molecule has 20 heavy (non-hydrogen) atoms. The molecule has 0 aromatic heterocycles. The molecule has 2 N–H and O–H groups in total. The molecule has 0 amide bonds. The number of nitrogens with two attached hydrogens (primary N) is 1. The van der Waals surface area contributed by atoms with Crippen molar-refractivity contribution in [1.82, 2.24) is 4.90 Å². The van der Waals surface area contributed by atoms with Crippen LogP contribution in [0.5, 0.6) is 0 Å². The summed E-state index contributed by atoms with van der Waals surface area (Å²) >= 11 is 0. The lowest BCUT2D eigenvalue weighted by molar-refractivity contribution is -0.00461. The molecule has 3 atom stereocenters. The zero-order chi connectivity index (χ0) is 14.7. The molecule has 5 heteroatoms. The van der Waals surface area contributed by atoms with Gasteiger partial charge in [-0.05, 0) is 24.1 Å². The van der Waals surface area contributed by atoms with E-state index in [4.69, 9.17) is 15.2 Å². The highest BCUT2D eigenvalue weighted by Crippen LogP contribution is 2.27. The summed E-state index contributed by atoms with van der Waals surface area (Å²) in [6.45, 7) is 3.80. The van der Waals surface area contributed by atoms with Gasteiger partial charge in [0, 0.05) is 39.9 Å². The maximum atomic E-state index is 13.4. The van der Waals surface area contributed by atoms with Gasteiger partial charge in [-0.25, -0.2) is 4.39 Å². The monoisotopic (exact) mass is 282 g/mol. The summed E-state index contributed by atoms with van der Waals surface area (Å²) in [6.07, 6.45) is 0.103. The number of aryl methyl sites for hydroxylation is 1. The lowest BCUT2D eigenvalue weighted by atomic mass is 10.0. The molecular formula is C15H23FN2O2. The van der Waals surface area contributed by atoms with Crippen LogP contribution in [0.1, 0.15) is 17.2 Å². The third kappa shape index (κ3) is 3.01. The Hall–Kier alpha value is -1.01. The molecule has 2 rings (SSSR count). The minimum Gasteiger partial charge on any atom is -0.377 e. The normalized spacial score (nSPS) is 25.1. The zero-order valence-corrected chi connectivity index (χ0v) is 12.3. The summed E-state index contributed by atoms with van der Waals surface area (Å²) in [6, 6.07) is 5.24. The summed E-state index contributed by atoms with van der Waals surface area (Å²) < 4.78 is 24.3. The van der Waals surface area contributed by atoms with E-state index in [1.165, 1.54) is 6.07 Å². The number of hydrogen-bond acceptors (Lipinski definition) is 4. The van der Waals surface area contributed by atoms with Gasteiger partial charge in [0.25, 0.3) is 0 Å². The van der Waals surface area contributed by atoms with Crippen LogP contribution in [0.15, 0.2) is 18.2 Å². The zero-order valence-electron chi connectivity index (χ0n) is 12.3. The molecule has 3 unspecified atom stereocenters. The predicted molar refractivity (Wildman–Crippen MR) is 76.1 cm³/mol. The van der Waals surface area contributed by atoms with Crippen LogP contribution in [0, 0.1) is 12.7 Å². The van der Waals surface area contributed by atoms with Gasteiger partial charge in [0.1, 0.15) is 5.82 Å². The molecule has 0 aliphatic carbocycles. The first kappa shape index (κ1) is 15.4. The topological polar surface area (TPSA) is 47.7 Å². The van der Waals surface area contributed by atoms with E-state index in [9.17, 15) is 4.39 Å². The number of halogens is 1. The summed E-state index contributed by atoms with van der Waals surface area (Å²) in [5.41, 5.74) is 7.61. The molecule has 1 aromatic rings. The predicted octanol–water partition coefficient (Wildman–Crippen LogP) is 1.48. The Kier molecular flexibility index (Phi) is 5.10. The van der Waals surface area contributed by atoms with E-state index in [1.807, 2.05) is 12.1 Å². The molecule has 1 aliphatic heterocycles. The highest BCUT2D eigenvalue weighted by molar-refractivity contribution is 5.27. The van der Waals surface area contributed by atoms with Crippen LogP contribution < -0.4 is 5.73 Å². The second-order valence-corrected chi connectivity index (χ2v) is 5.26. The van der Waals surface area contributed by atoms with Gasteiger partial charge in [0.2, 0.25) is 0 Å². The highest BCUT2D eigenvalue weighted by Gasteiger charge is 2.36. The summed E-state index contributed by atoms with van der Waals surface area (Å²) in [4.78, 5) is 2.25. The van der Waals surface area contributed by atoms with Crippen LogP contribution >= 0.6 is 0 Å². The van der Waals surface area contributed by atoms with Gasteiger partial charge in [-0.3, -0.25) is 4.90 Å². The molecule has 112 valence electrons. The Labute approximate surface area is 119 Å². The Morgan fingerprint density at radius 1 is 1.30 bits per heavy atom. The van der Waals surface area contributed by atoms with Crippen LogP contribution in [0.3, 0.4) is 0 Å². The number of ether oxygens (including phenoxy) is 2. The molecule has 0 spiro atoms. The van der Waals surface area contributed by atoms with E-state index in [-0.39, 0.29) is 24.1 Å². The van der Waals surface area contributed by atoms with Gasteiger partial charge in [-0.1, -0.05) is 12.1 Å². The number of benzene rings is 1. The summed E-state index contributed by atoms with van der Waals surface area (Å²) in [5.74, 6) is -0.185. The number of nitrogens with zero attached hydrogens (tertiary/aromatic N) is 1. The molecule has 1 aromatic carbocycles. The number of rotatable bonds is 5. The first-order valence-corrected chi connectivity index (χ1v) is 6.86. The van der Waals surface area contributed by atoms with Crippen molar-refractivity contribution >= 4 is 0 Å². The number of likely N-dealkylation sites (tertiary alicyclic amines) is 1. The van der Waals surface area contributed by atoms with E-state index in [0.29, 0.717) is 12.1 Å². The second-order valence-electron chi connectivity index (χ2n) is 5.26. The molecule has 1 aliphatic rings. The fourth-order valence-electron chi connectivity index (χ4n) is 2.85. The van der Waals surface area contributed by atoms with Gasteiger partial charge < -0.3 is 15.2 Å². The van der Waals surface area contributed by atoms with Gasteiger partial charge in [0.05, 0.1) is 12.2 Å². The van der Waals surface area contributed by atoms with E-state index < -0.39 is 0 Å². The summed E-state index contributed by atoms with van der Waals surface area (Å²) in [5, 5.41) is 0. The molecule has 1 saturated heterocycles. The molecule has 1 heterocycles. The van der Waals surface area contributed by atoms with Crippen molar-refractivity contribution in [2.75, 3.05) is 33.9 Å². The molecule has 1 fully saturated rings. The van der Waals surface area contributed by atoms with Gasteiger partial charge in [0.15, 0.2) is 0 Å². The van der Waals surface area contributed by atoms with Crippen molar-refractivity contribution in [3.63, 3.8) is 0 Å². The van der Waals surface area contributed by atoms with Crippen LogP contribution in [-0.2, 0) is 9.47 Å². The minimum atomic E-state index is -0.185. The third-order valence-corrected chi connectivity index (χ3v) is 4.08. The quantitative estimate of drug-likeness (QED) is 0.888. The molecule has 0 saturated carbocycles. The molecule has 4 nitrogen and oxygen atoms in total. The Balaban J connectivity index is 2.18. The van der Waals surface area contributed by atoms with Crippen LogP contribution in [-0.4, -0.2) is 51.0 Å².